The summed E-state index contributed by atoms with van der Waals surface area (Å²) in [5, 5.41) is 0. The van der Waals surface area contributed by atoms with Gasteiger partial charge in [0.2, 0.25) is 0 Å². The number of quaternary nitrogens is 1. The Morgan fingerprint density at radius 1 is 1.00 bits per heavy atom. The van der Waals surface area contributed by atoms with Crippen molar-refractivity contribution >= 4 is 8.07 Å². The summed E-state index contributed by atoms with van der Waals surface area (Å²) in [5.41, 5.74) is 5.19. The third-order valence-corrected chi connectivity index (χ3v) is 9.60. The van der Waals surface area contributed by atoms with Gasteiger partial charge in [-0.3, -0.25) is 0 Å². The second kappa shape index (κ2) is 14.1. The first-order valence-electron chi connectivity index (χ1n) is 13.7. The standard InChI is InChI=1S/C28H53NOSi/c1-5-6-8-16-26(24-31(2,3)4)17-21-28(29,27-18-22-30-23-19-27)20-12-11-15-25-13-9-7-10-14-25/h25-27H,5-7,9-15,17-24,29H2,1-4H3/p+1. The lowest BCUT2D eigenvalue weighted by atomic mass is 9.72. The predicted octanol–water partition coefficient (Wildman–Crippen LogP) is 7.07. The van der Waals surface area contributed by atoms with Gasteiger partial charge in [0.05, 0.1) is 5.54 Å². The second-order valence-corrected chi connectivity index (χ2v) is 17.6. The van der Waals surface area contributed by atoms with Gasteiger partial charge < -0.3 is 10.5 Å². The smallest absolute Gasteiger partial charge is 0.0976 e. The minimum Gasteiger partial charge on any atom is -0.381 e. The second-order valence-electron chi connectivity index (χ2n) is 12.1. The Balaban J connectivity index is 1.93. The number of hydrogen-bond donors (Lipinski definition) is 1. The van der Waals surface area contributed by atoms with Crippen LogP contribution in [-0.4, -0.2) is 26.8 Å². The molecule has 1 heterocycles. The molecule has 31 heavy (non-hydrogen) atoms. The van der Waals surface area contributed by atoms with E-state index >= 15 is 0 Å². The predicted molar refractivity (Wildman–Crippen MR) is 138 cm³/mol. The van der Waals surface area contributed by atoms with Crippen LogP contribution in [-0.2, 0) is 4.74 Å². The molecule has 0 radical (unpaired) electrons. The highest BCUT2D eigenvalue weighted by molar-refractivity contribution is 6.76. The van der Waals surface area contributed by atoms with Crippen LogP contribution in [0.25, 0.3) is 0 Å². The van der Waals surface area contributed by atoms with E-state index in [4.69, 9.17) is 10.5 Å². The summed E-state index contributed by atoms with van der Waals surface area (Å²) < 4.78 is 5.71. The Bertz CT molecular complexity index is 533. The molecule has 0 bridgehead atoms. The lowest BCUT2D eigenvalue weighted by molar-refractivity contribution is -0.500. The van der Waals surface area contributed by atoms with Crippen LogP contribution in [0, 0.1) is 29.6 Å². The van der Waals surface area contributed by atoms with Gasteiger partial charge >= 0.3 is 0 Å². The Kier molecular flexibility index (Phi) is 12.2. The van der Waals surface area contributed by atoms with E-state index in [1.165, 1.54) is 95.9 Å². The molecule has 2 unspecified atom stereocenters. The lowest BCUT2D eigenvalue weighted by Crippen LogP contribution is -2.76. The molecule has 1 saturated carbocycles. The zero-order valence-electron chi connectivity index (χ0n) is 21.6. The van der Waals surface area contributed by atoms with Crippen molar-refractivity contribution < 1.29 is 10.5 Å². The van der Waals surface area contributed by atoms with Crippen LogP contribution in [0.1, 0.15) is 103 Å². The first-order valence-corrected chi connectivity index (χ1v) is 17.4. The molecule has 0 aromatic heterocycles. The monoisotopic (exact) mass is 448 g/mol. The summed E-state index contributed by atoms with van der Waals surface area (Å²) in [6, 6.07) is 1.34. The number of ether oxygens (including phenoxy) is 1. The maximum Gasteiger partial charge on any atom is 0.0976 e. The van der Waals surface area contributed by atoms with Crippen molar-refractivity contribution in [3.05, 3.63) is 0 Å². The fourth-order valence-electron chi connectivity index (χ4n) is 6.00. The number of unbranched alkanes of at least 4 members (excludes halogenated alkanes) is 2. The fourth-order valence-corrected chi connectivity index (χ4v) is 7.78. The molecule has 2 rings (SSSR count). The lowest BCUT2D eigenvalue weighted by Gasteiger charge is -2.38. The Morgan fingerprint density at radius 2 is 1.71 bits per heavy atom. The average Bonchev–Trinajstić information content (AvgIpc) is 2.75. The highest BCUT2D eigenvalue weighted by atomic mass is 28.3. The van der Waals surface area contributed by atoms with Crippen molar-refractivity contribution in [3.8, 4) is 11.8 Å². The highest BCUT2D eigenvalue weighted by Gasteiger charge is 2.39. The largest absolute Gasteiger partial charge is 0.381 e. The van der Waals surface area contributed by atoms with E-state index in [0.717, 1.165) is 31.5 Å². The van der Waals surface area contributed by atoms with Gasteiger partial charge in [0.1, 0.15) is 0 Å². The molecule has 0 spiro atoms. The van der Waals surface area contributed by atoms with Crippen LogP contribution in [0.3, 0.4) is 0 Å². The van der Waals surface area contributed by atoms with Crippen LogP contribution >= 0.6 is 0 Å². The van der Waals surface area contributed by atoms with Gasteiger partial charge in [0.25, 0.3) is 0 Å². The van der Waals surface area contributed by atoms with E-state index in [-0.39, 0.29) is 5.54 Å². The van der Waals surface area contributed by atoms with Gasteiger partial charge in [-0.15, -0.1) is 11.8 Å². The summed E-state index contributed by atoms with van der Waals surface area (Å²) in [6.45, 7) is 11.6. The SMILES string of the molecule is CCCC#CC(CCC([NH3+])(CCCCC1CCCCC1)C1CCOCC1)C[Si](C)(C)C. The fraction of sp³-hybridized carbons (Fsp3) is 0.929. The first kappa shape index (κ1) is 26.9. The van der Waals surface area contributed by atoms with Crippen LogP contribution in [0.15, 0.2) is 0 Å². The molecule has 3 N–H and O–H groups in total. The minimum atomic E-state index is -1.11. The maximum atomic E-state index is 5.71. The van der Waals surface area contributed by atoms with Gasteiger partial charge in [0.15, 0.2) is 0 Å². The molecule has 0 aromatic rings. The van der Waals surface area contributed by atoms with Crippen LogP contribution in [0.5, 0.6) is 0 Å². The van der Waals surface area contributed by atoms with Gasteiger partial charge in [-0.25, -0.2) is 0 Å². The van der Waals surface area contributed by atoms with Gasteiger partial charge in [-0.1, -0.05) is 71.5 Å². The topological polar surface area (TPSA) is 36.9 Å². The van der Waals surface area contributed by atoms with E-state index in [0.29, 0.717) is 5.92 Å². The van der Waals surface area contributed by atoms with Crippen molar-refractivity contribution in [2.45, 2.75) is 134 Å². The molecule has 3 heteroatoms. The van der Waals surface area contributed by atoms with Gasteiger partial charge in [-0.2, -0.15) is 0 Å². The van der Waals surface area contributed by atoms with Crippen LogP contribution in [0.2, 0.25) is 25.7 Å². The maximum absolute atomic E-state index is 5.71. The van der Waals surface area contributed by atoms with Crippen molar-refractivity contribution in [2.24, 2.45) is 17.8 Å². The molecular weight excluding hydrogens is 394 g/mol. The molecule has 0 amide bonds. The normalized spacial score (nSPS) is 21.8. The van der Waals surface area contributed by atoms with Crippen molar-refractivity contribution in [1.82, 2.24) is 0 Å². The molecule has 1 aliphatic carbocycles. The molecular formula is C28H54NOSi+. The third-order valence-electron chi connectivity index (χ3n) is 7.88. The van der Waals surface area contributed by atoms with Gasteiger partial charge in [-0.05, 0) is 44.1 Å². The van der Waals surface area contributed by atoms with Crippen LogP contribution < -0.4 is 5.73 Å². The molecule has 180 valence electrons. The van der Waals surface area contributed by atoms with E-state index in [1.54, 1.807) is 0 Å². The summed E-state index contributed by atoms with van der Waals surface area (Å²) in [4.78, 5) is 0. The Hall–Kier alpha value is -0.303. The molecule has 2 aliphatic rings. The molecule has 2 nitrogen and oxygen atoms in total. The zero-order valence-corrected chi connectivity index (χ0v) is 22.6. The summed E-state index contributed by atoms with van der Waals surface area (Å²) in [5.74, 6) is 9.54. The summed E-state index contributed by atoms with van der Waals surface area (Å²) in [6.07, 6.45) is 20.1. The van der Waals surface area contributed by atoms with Crippen molar-refractivity contribution in [2.75, 3.05) is 13.2 Å². The van der Waals surface area contributed by atoms with E-state index in [1.807, 2.05) is 0 Å². The van der Waals surface area contributed by atoms with Gasteiger partial charge in [0, 0.05) is 52.4 Å². The summed E-state index contributed by atoms with van der Waals surface area (Å²) in [7, 11) is -1.11. The molecule has 2 fully saturated rings. The average molecular weight is 449 g/mol. The molecule has 2 atom stereocenters. The van der Waals surface area contributed by atoms with E-state index < -0.39 is 8.07 Å². The number of rotatable bonds is 12. The van der Waals surface area contributed by atoms with Crippen molar-refractivity contribution in [3.63, 3.8) is 0 Å². The number of hydrogen-bond acceptors (Lipinski definition) is 1. The molecule has 1 aliphatic heterocycles. The third kappa shape index (κ3) is 10.9. The molecule has 1 saturated heterocycles. The van der Waals surface area contributed by atoms with E-state index in [9.17, 15) is 0 Å². The van der Waals surface area contributed by atoms with Crippen LogP contribution in [0.4, 0.5) is 0 Å². The zero-order chi connectivity index (χ0) is 22.6. The quantitative estimate of drug-likeness (QED) is 0.193. The molecule has 0 aromatic carbocycles. The first-order chi connectivity index (χ1) is 14.8. The van der Waals surface area contributed by atoms with E-state index in [2.05, 4.69) is 38.4 Å². The Morgan fingerprint density at radius 3 is 2.35 bits per heavy atom. The minimum absolute atomic E-state index is 0.237. The highest BCUT2D eigenvalue weighted by Crippen LogP contribution is 2.35. The Labute approximate surface area is 195 Å². The van der Waals surface area contributed by atoms with Crippen molar-refractivity contribution in [1.29, 1.82) is 0 Å². The summed E-state index contributed by atoms with van der Waals surface area (Å²) >= 11 is 0.